The molecule has 23 heavy (non-hydrogen) atoms. The number of aliphatic hydroxyl groups excluding tert-OH is 1. The lowest BCUT2D eigenvalue weighted by molar-refractivity contribution is -0.137. The average molecular weight is 317 g/mol. The lowest BCUT2D eigenvalue weighted by atomic mass is 10.0. The topological polar surface area (TPSA) is 84.1 Å². The first kappa shape index (κ1) is 17.1. The Hall–Kier alpha value is -2.28. The maximum atomic E-state index is 12.7. The number of aliphatic hydroxyl groups is 1. The highest BCUT2D eigenvalue weighted by Crippen LogP contribution is 2.20. The summed E-state index contributed by atoms with van der Waals surface area (Å²) in [6, 6.07) is 8.99. The number of benzene rings is 1. The molecule has 0 saturated carbocycles. The van der Waals surface area contributed by atoms with Crippen LogP contribution in [0.4, 0.5) is 0 Å². The van der Waals surface area contributed by atoms with Crippen LogP contribution in [0.25, 0.3) is 11.4 Å². The third kappa shape index (κ3) is 3.92. The van der Waals surface area contributed by atoms with Gasteiger partial charge in [0.2, 0.25) is 11.7 Å². The molecule has 0 saturated heterocycles. The van der Waals surface area contributed by atoms with E-state index in [4.69, 9.17) is 5.11 Å². The number of rotatable bonds is 7. The van der Waals surface area contributed by atoms with Crippen molar-refractivity contribution in [3.8, 4) is 11.4 Å². The quantitative estimate of drug-likeness (QED) is 0.834. The third-order valence-electron chi connectivity index (χ3n) is 3.66. The van der Waals surface area contributed by atoms with E-state index in [0.717, 1.165) is 5.56 Å². The van der Waals surface area contributed by atoms with Gasteiger partial charge in [0.05, 0.1) is 6.61 Å². The second-order valence-electron chi connectivity index (χ2n) is 5.63. The van der Waals surface area contributed by atoms with E-state index < -0.39 is 6.04 Å². The van der Waals surface area contributed by atoms with Crippen LogP contribution in [0.15, 0.2) is 30.3 Å². The number of amides is 1. The second kappa shape index (κ2) is 7.82. The molecule has 0 aliphatic carbocycles. The van der Waals surface area contributed by atoms with Gasteiger partial charge in [0, 0.05) is 18.7 Å². The number of nitrogens with zero attached hydrogens (tertiary/aromatic N) is 5. The Bertz CT molecular complexity index is 626. The van der Waals surface area contributed by atoms with Gasteiger partial charge in [-0.25, -0.2) is 0 Å². The molecule has 1 N–H and O–H groups in total. The van der Waals surface area contributed by atoms with Gasteiger partial charge in [-0.05, 0) is 18.1 Å². The maximum absolute atomic E-state index is 12.7. The molecule has 124 valence electrons. The van der Waals surface area contributed by atoms with Gasteiger partial charge in [-0.3, -0.25) is 4.79 Å². The van der Waals surface area contributed by atoms with E-state index in [0.29, 0.717) is 18.9 Å². The monoisotopic (exact) mass is 317 g/mol. The van der Waals surface area contributed by atoms with E-state index in [1.54, 1.807) is 4.90 Å². The van der Waals surface area contributed by atoms with Crippen LogP contribution in [0.3, 0.4) is 0 Å². The van der Waals surface area contributed by atoms with Crippen molar-refractivity contribution in [2.45, 2.75) is 26.8 Å². The molecule has 2 aromatic rings. The molecule has 0 aliphatic rings. The van der Waals surface area contributed by atoms with Crippen LogP contribution in [0.5, 0.6) is 0 Å². The molecule has 0 bridgehead atoms. The maximum Gasteiger partial charge on any atom is 0.249 e. The van der Waals surface area contributed by atoms with Gasteiger partial charge in [0.1, 0.15) is 0 Å². The minimum absolute atomic E-state index is 0.00747. The largest absolute Gasteiger partial charge is 0.395 e. The van der Waals surface area contributed by atoms with Crippen molar-refractivity contribution in [2.24, 2.45) is 5.92 Å². The van der Waals surface area contributed by atoms with Crippen LogP contribution < -0.4 is 0 Å². The van der Waals surface area contributed by atoms with Gasteiger partial charge in [0.25, 0.3) is 0 Å². The van der Waals surface area contributed by atoms with Crippen LogP contribution in [0.2, 0.25) is 0 Å². The number of hydrogen-bond acceptors (Lipinski definition) is 5. The molecule has 1 amide bonds. The standard InChI is InChI=1S/C16H23N5O2/c1-4-20(10-11-22)16(23)14(12(2)3)21-18-15(17-19-21)13-8-6-5-7-9-13/h5-9,12,14,22H,4,10-11H2,1-3H3. The highest BCUT2D eigenvalue weighted by Gasteiger charge is 2.30. The lowest BCUT2D eigenvalue weighted by Crippen LogP contribution is -2.41. The number of carbonyl (C=O) groups excluding carboxylic acids is 1. The van der Waals surface area contributed by atoms with Crippen LogP contribution >= 0.6 is 0 Å². The Morgan fingerprint density at radius 1 is 1.30 bits per heavy atom. The summed E-state index contributed by atoms with van der Waals surface area (Å²) >= 11 is 0. The summed E-state index contributed by atoms with van der Waals surface area (Å²) in [4.78, 5) is 15.7. The smallest absolute Gasteiger partial charge is 0.249 e. The molecule has 0 fully saturated rings. The molecule has 1 heterocycles. The van der Waals surface area contributed by atoms with E-state index >= 15 is 0 Å². The van der Waals surface area contributed by atoms with Gasteiger partial charge in [-0.15, -0.1) is 10.2 Å². The van der Waals surface area contributed by atoms with Gasteiger partial charge in [-0.2, -0.15) is 4.80 Å². The first-order valence-electron chi connectivity index (χ1n) is 7.83. The Balaban J connectivity index is 2.28. The number of carbonyl (C=O) groups is 1. The molecule has 0 aliphatic heterocycles. The van der Waals surface area contributed by atoms with E-state index in [-0.39, 0.29) is 18.4 Å². The van der Waals surface area contributed by atoms with Crippen LogP contribution in [0.1, 0.15) is 26.8 Å². The number of likely N-dealkylation sites (N-methyl/N-ethyl adjacent to an activating group) is 1. The molecule has 1 aromatic carbocycles. The normalized spacial score (nSPS) is 12.4. The van der Waals surface area contributed by atoms with Gasteiger partial charge in [-0.1, -0.05) is 44.2 Å². The predicted octanol–water partition coefficient (Wildman–Crippen LogP) is 1.38. The molecule has 1 unspecified atom stereocenters. The fourth-order valence-corrected chi connectivity index (χ4v) is 2.43. The highest BCUT2D eigenvalue weighted by molar-refractivity contribution is 5.80. The van der Waals surface area contributed by atoms with Crippen molar-refractivity contribution in [2.75, 3.05) is 19.7 Å². The first-order chi connectivity index (χ1) is 11.1. The summed E-state index contributed by atoms with van der Waals surface area (Å²) in [5.41, 5.74) is 0.858. The predicted molar refractivity (Wildman–Crippen MR) is 86.5 cm³/mol. The van der Waals surface area contributed by atoms with Crippen molar-refractivity contribution in [3.05, 3.63) is 30.3 Å². The molecule has 2 rings (SSSR count). The zero-order valence-corrected chi connectivity index (χ0v) is 13.8. The zero-order valence-electron chi connectivity index (χ0n) is 13.8. The summed E-state index contributed by atoms with van der Waals surface area (Å²) in [6.45, 7) is 6.54. The molecular formula is C16H23N5O2. The molecule has 0 radical (unpaired) electrons. The van der Waals surface area contributed by atoms with E-state index in [1.807, 2.05) is 51.1 Å². The lowest BCUT2D eigenvalue weighted by Gasteiger charge is -2.26. The highest BCUT2D eigenvalue weighted by atomic mass is 16.3. The Kier molecular flexibility index (Phi) is 5.81. The fraction of sp³-hybridized carbons (Fsp3) is 0.500. The van der Waals surface area contributed by atoms with Crippen molar-refractivity contribution >= 4 is 5.91 Å². The van der Waals surface area contributed by atoms with Gasteiger partial charge in [0.15, 0.2) is 6.04 Å². The van der Waals surface area contributed by atoms with E-state index in [9.17, 15) is 4.79 Å². The summed E-state index contributed by atoms with van der Waals surface area (Å²) < 4.78 is 0. The van der Waals surface area contributed by atoms with Crippen molar-refractivity contribution in [1.82, 2.24) is 25.1 Å². The molecule has 1 aromatic heterocycles. The fourth-order valence-electron chi connectivity index (χ4n) is 2.43. The average Bonchev–Trinajstić information content (AvgIpc) is 3.02. The van der Waals surface area contributed by atoms with Crippen molar-refractivity contribution in [3.63, 3.8) is 0 Å². The van der Waals surface area contributed by atoms with E-state index in [1.165, 1.54) is 4.80 Å². The SMILES string of the molecule is CCN(CCO)C(=O)C(C(C)C)n1nnc(-c2ccccc2)n1. The summed E-state index contributed by atoms with van der Waals surface area (Å²) in [5.74, 6) is 0.399. The Morgan fingerprint density at radius 2 is 2.00 bits per heavy atom. The molecule has 1 atom stereocenters. The Morgan fingerprint density at radius 3 is 2.57 bits per heavy atom. The summed E-state index contributed by atoms with van der Waals surface area (Å²) in [6.07, 6.45) is 0. The second-order valence-corrected chi connectivity index (χ2v) is 5.63. The number of aromatic nitrogens is 4. The van der Waals surface area contributed by atoms with Crippen LogP contribution in [-0.4, -0.2) is 55.8 Å². The van der Waals surface area contributed by atoms with Gasteiger partial charge >= 0.3 is 0 Å². The van der Waals surface area contributed by atoms with Crippen LogP contribution in [0, 0.1) is 5.92 Å². The van der Waals surface area contributed by atoms with E-state index in [2.05, 4.69) is 15.4 Å². The van der Waals surface area contributed by atoms with Crippen molar-refractivity contribution in [1.29, 1.82) is 0 Å². The molecule has 7 heteroatoms. The summed E-state index contributed by atoms with van der Waals surface area (Å²) in [5, 5.41) is 21.6. The number of tetrazole rings is 1. The van der Waals surface area contributed by atoms with Gasteiger partial charge < -0.3 is 10.0 Å². The molecule has 0 spiro atoms. The minimum Gasteiger partial charge on any atom is -0.395 e. The van der Waals surface area contributed by atoms with Crippen LogP contribution in [-0.2, 0) is 4.79 Å². The third-order valence-corrected chi connectivity index (χ3v) is 3.66. The molecular weight excluding hydrogens is 294 g/mol. The van der Waals surface area contributed by atoms with Crippen molar-refractivity contribution < 1.29 is 9.90 Å². The zero-order chi connectivity index (χ0) is 16.8. The minimum atomic E-state index is -0.536. The summed E-state index contributed by atoms with van der Waals surface area (Å²) in [7, 11) is 0. The Labute approximate surface area is 135 Å². The first-order valence-corrected chi connectivity index (χ1v) is 7.83. The molecule has 7 nitrogen and oxygen atoms in total. The number of hydrogen-bond donors (Lipinski definition) is 1.